The molecule has 0 aliphatic heterocycles. The van der Waals surface area contributed by atoms with Gasteiger partial charge >= 0.3 is 0 Å². The van der Waals surface area contributed by atoms with Gasteiger partial charge in [0.2, 0.25) is 0 Å². The second kappa shape index (κ2) is 10.8. The molecule has 1 amide bonds. The first-order valence-corrected chi connectivity index (χ1v) is 5.79. The Morgan fingerprint density at radius 1 is 1.32 bits per heavy atom. The second-order valence-electron chi connectivity index (χ2n) is 4.06. The largest absolute Gasteiger partial charge is 0.367 e. The van der Waals surface area contributed by atoms with Crippen LogP contribution >= 0.6 is 24.8 Å². The van der Waals surface area contributed by atoms with Crippen molar-refractivity contribution < 1.29 is 4.79 Å². The quantitative estimate of drug-likeness (QED) is 0.700. The topological polar surface area (TPSA) is 66.0 Å². The van der Waals surface area contributed by atoms with Gasteiger partial charge in [0.1, 0.15) is 5.82 Å². The molecule has 5 nitrogen and oxygen atoms in total. The maximum atomic E-state index is 11.9. The number of aromatic nitrogens is 1. The fraction of sp³-hybridized carbons (Fsp3) is 0.500. The van der Waals surface area contributed by atoms with Crippen molar-refractivity contribution >= 4 is 36.5 Å². The third-order valence-electron chi connectivity index (χ3n) is 2.14. The smallest absolute Gasteiger partial charge is 0.255 e. The zero-order valence-corrected chi connectivity index (χ0v) is 13.0. The summed E-state index contributed by atoms with van der Waals surface area (Å²) in [4.78, 5) is 16.1. The van der Waals surface area contributed by atoms with Crippen LogP contribution in [0.3, 0.4) is 0 Å². The number of likely N-dealkylation sites (N-methyl/N-ethyl adjacent to an activating group) is 1. The van der Waals surface area contributed by atoms with E-state index in [0.29, 0.717) is 17.9 Å². The highest BCUT2D eigenvalue weighted by Crippen LogP contribution is 2.12. The summed E-state index contributed by atoms with van der Waals surface area (Å²) in [6.45, 7) is 5.37. The van der Waals surface area contributed by atoms with E-state index in [1.807, 2.05) is 20.9 Å². The van der Waals surface area contributed by atoms with E-state index in [1.165, 1.54) is 0 Å². The van der Waals surface area contributed by atoms with Crippen molar-refractivity contribution in [2.45, 2.75) is 19.9 Å². The van der Waals surface area contributed by atoms with Crippen LogP contribution in [0.2, 0.25) is 0 Å². The Morgan fingerprint density at radius 3 is 2.58 bits per heavy atom. The van der Waals surface area contributed by atoms with Gasteiger partial charge in [-0.1, -0.05) is 0 Å². The molecule has 1 rings (SSSR count). The third-order valence-corrected chi connectivity index (χ3v) is 2.14. The Labute approximate surface area is 126 Å². The predicted octanol–water partition coefficient (Wildman–Crippen LogP) is 1.69. The number of halogens is 2. The number of hydrogen-bond acceptors (Lipinski definition) is 4. The second-order valence-corrected chi connectivity index (χ2v) is 4.06. The van der Waals surface area contributed by atoms with Crippen LogP contribution in [0, 0.1) is 0 Å². The lowest BCUT2D eigenvalue weighted by Crippen LogP contribution is -2.31. The minimum Gasteiger partial charge on any atom is -0.367 e. The molecule has 0 aliphatic rings. The number of carbonyl (C=O) groups is 1. The minimum absolute atomic E-state index is 0. The van der Waals surface area contributed by atoms with Crippen molar-refractivity contribution in [1.82, 2.24) is 15.6 Å². The van der Waals surface area contributed by atoms with Gasteiger partial charge in [-0.05, 0) is 33.0 Å². The van der Waals surface area contributed by atoms with Gasteiger partial charge in [-0.2, -0.15) is 0 Å². The van der Waals surface area contributed by atoms with Crippen molar-refractivity contribution in [3.05, 3.63) is 23.9 Å². The highest BCUT2D eigenvalue weighted by Gasteiger charge is 2.11. The van der Waals surface area contributed by atoms with Gasteiger partial charge in [0.15, 0.2) is 0 Å². The average molecular weight is 309 g/mol. The minimum atomic E-state index is -0.100. The van der Waals surface area contributed by atoms with Gasteiger partial charge < -0.3 is 16.0 Å². The highest BCUT2D eigenvalue weighted by molar-refractivity contribution is 5.98. The molecule has 1 heterocycles. The van der Waals surface area contributed by atoms with E-state index in [0.717, 1.165) is 6.54 Å². The standard InChI is InChI=1S/C12H20N4O.2ClH/c1-9(2)16-11-10(5-4-6-14-11)12(17)15-8-7-13-3;;/h4-6,9,13H,7-8H2,1-3H3,(H,14,16)(H,15,17);2*1H. The maximum absolute atomic E-state index is 11.9. The molecule has 3 N–H and O–H groups in total. The lowest BCUT2D eigenvalue weighted by Gasteiger charge is -2.13. The Hall–Kier alpha value is -1.04. The summed E-state index contributed by atoms with van der Waals surface area (Å²) >= 11 is 0. The van der Waals surface area contributed by atoms with E-state index in [2.05, 4.69) is 20.9 Å². The van der Waals surface area contributed by atoms with E-state index in [-0.39, 0.29) is 36.8 Å². The highest BCUT2D eigenvalue weighted by atomic mass is 35.5. The molecular formula is C12H22Cl2N4O. The van der Waals surface area contributed by atoms with Crippen LogP contribution in [-0.2, 0) is 0 Å². The van der Waals surface area contributed by atoms with E-state index in [4.69, 9.17) is 0 Å². The summed E-state index contributed by atoms with van der Waals surface area (Å²) in [5.41, 5.74) is 0.581. The number of amides is 1. The summed E-state index contributed by atoms with van der Waals surface area (Å²) in [7, 11) is 1.85. The first kappa shape index (κ1) is 20.3. The summed E-state index contributed by atoms with van der Waals surface area (Å²) in [6.07, 6.45) is 1.68. The van der Waals surface area contributed by atoms with Crippen molar-refractivity contribution in [2.24, 2.45) is 0 Å². The summed E-state index contributed by atoms with van der Waals surface area (Å²) < 4.78 is 0. The van der Waals surface area contributed by atoms with Crippen LogP contribution in [0.25, 0.3) is 0 Å². The molecular weight excluding hydrogens is 287 g/mol. The van der Waals surface area contributed by atoms with Crippen molar-refractivity contribution in [3.8, 4) is 0 Å². The lowest BCUT2D eigenvalue weighted by atomic mass is 10.2. The SMILES string of the molecule is CNCCNC(=O)c1cccnc1NC(C)C.Cl.Cl. The molecule has 19 heavy (non-hydrogen) atoms. The number of rotatable bonds is 6. The Kier molecular flexibility index (Phi) is 11.6. The molecule has 0 atom stereocenters. The molecule has 0 saturated carbocycles. The number of carbonyl (C=O) groups excluding carboxylic acids is 1. The van der Waals surface area contributed by atoms with E-state index in [1.54, 1.807) is 18.3 Å². The molecule has 0 spiro atoms. The first-order chi connectivity index (χ1) is 8.15. The third kappa shape index (κ3) is 7.20. The Morgan fingerprint density at radius 2 is 2.00 bits per heavy atom. The van der Waals surface area contributed by atoms with Gasteiger partial charge in [0, 0.05) is 25.3 Å². The van der Waals surface area contributed by atoms with Gasteiger partial charge in [-0.3, -0.25) is 4.79 Å². The van der Waals surface area contributed by atoms with E-state index < -0.39 is 0 Å². The van der Waals surface area contributed by atoms with Crippen LogP contribution < -0.4 is 16.0 Å². The molecule has 0 aliphatic carbocycles. The number of nitrogens with zero attached hydrogens (tertiary/aromatic N) is 1. The van der Waals surface area contributed by atoms with Crippen LogP contribution in [0.1, 0.15) is 24.2 Å². The van der Waals surface area contributed by atoms with Gasteiger partial charge in [0.25, 0.3) is 5.91 Å². The molecule has 0 fully saturated rings. The Balaban J connectivity index is 0. The molecule has 0 radical (unpaired) electrons. The summed E-state index contributed by atoms with van der Waals surface area (Å²) in [5, 5.41) is 8.96. The van der Waals surface area contributed by atoms with Crippen LogP contribution in [-0.4, -0.2) is 37.1 Å². The molecule has 0 unspecified atom stereocenters. The average Bonchev–Trinajstić information content (AvgIpc) is 2.29. The van der Waals surface area contributed by atoms with Crippen LogP contribution in [0.5, 0.6) is 0 Å². The van der Waals surface area contributed by atoms with Crippen molar-refractivity contribution in [3.63, 3.8) is 0 Å². The van der Waals surface area contributed by atoms with Crippen LogP contribution in [0.4, 0.5) is 5.82 Å². The van der Waals surface area contributed by atoms with Crippen molar-refractivity contribution in [2.75, 3.05) is 25.5 Å². The number of pyridine rings is 1. The van der Waals surface area contributed by atoms with Crippen LogP contribution in [0.15, 0.2) is 18.3 Å². The number of nitrogens with one attached hydrogen (secondary N) is 3. The molecule has 0 saturated heterocycles. The predicted molar refractivity (Wildman–Crippen MR) is 83.8 cm³/mol. The van der Waals surface area contributed by atoms with Gasteiger partial charge in [-0.15, -0.1) is 24.8 Å². The first-order valence-electron chi connectivity index (χ1n) is 5.79. The molecule has 110 valence electrons. The van der Waals surface area contributed by atoms with Gasteiger partial charge in [-0.25, -0.2) is 4.98 Å². The monoisotopic (exact) mass is 308 g/mol. The zero-order valence-electron chi connectivity index (χ0n) is 11.4. The van der Waals surface area contributed by atoms with Gasteiger partial charge in [0.05, 0.1) is 5.56 Å². The normalized spacial score (nSPS) is 9.26. The summed E-state index contributed by atoms with van der Waals surface area (Å²) in [5.74, 6) is 0.529. The zero-order chi connectivity index (χ0) is 12.7. The van der Waals surface area contributed by atoms with Crippen molar-refractivity contribution in [1.29, 1.82) is 0 Å². The molecule has 7 heteroatoms. The Bertz CT molecular complexity index is 375. The maximum Gasteiger partial charge on any atom is 0.255 e. The number of hydrogen-bond donors (Lipinski definition) is 3. The number of anilines is 1. The molecule has 0 aromatic carbocycles. The molecule has 1 aromatic rings. The fourth-order valence-electron chi connectivity index (χ4n) is 1.37. The fourth-order valence-corrected chi connectivity index (χ4v) is 1.37. The van der Waals surface area contributed by atoms with E-state index >= 15 is 0 Å². The van der Waals surface area contributed by atoms with E-state index in [9.17, 15) is 4.79 Å². The molecule has 1 aromatic heterocycles. The lowest BCUT2D eigenvalue weighted by molar-refractivity contribution is 0.0954. The summed E-state index contributed by atoms with van der Waals surface area (Å²) in [6, 6.07) is 3.78. The molecule has 0 bridgehead atoms.